The van der Waals surface area contributed by atoms with Gasteiger partial charge in [-0.25, -0.2) is 9.50 Å². The van der Waals surface area contributed by atoms with Crippen LogP contribution < -0.4 is 5.32 Å². The van der Waals surface area contributed by atoms with Gasteiger partial charge in [0, 0.05) is 31.4 Å². The van der Waals surface area contributed by atoms with E-state index >= 15 is 0 Å². The molecular formula is C20H29N5. The first-order chi connectivity index (χ1) is 12.3. The summed E-state index contributed by atoms with van der Waals surface area (Å²) in [4.78, 5) is 7.26. The zero-order valence-electron chi connectivity index (χ0n) is 15.0. The third-order valence-corrected chi connectivity index (χ3v) is 6.41. The molecule has 0 spiro atoms. The first-order valence-electron chi connectivity index (χ1n) is 10.2. The molecule has 1 N–H and O–H groups in total. The van der Waals surface area contributed by atoms with Gasteiger partial charge in [-0.3, -0.25) is 0 Å². The molecule has 5 nitrogen and oxygen atoms in total. The summed E-state index contributed by atoms with van der Waals surface area (Å²) in [6, 6.07) is 2.25. The molecule has 5 rings (SSSR count). The highest BCUT2D eigenvalue weighted by atomic mass is 15.2. The van der Waals surface area contributed by atoms with Crippen LogP contribution in [0.15, 0.2) is 18.5 Å². The zero-order chi connectivity index (χ0) is 16.6. The number of likely N-dealkylation sites (tertiary alicyclic amines) is 1. The number of hydrogen-bond donors (Lipinski definition) is 1. The molecule has 2 aromatic heterocycles. The van der Waals surface area contributed by atoms with E-state index in [1.807, 2.05) is 16.9 Å². The van der Waals surface area contributed by atoms with Crippen molar-refractivity contribution < 1.29 is 0 Å². The molecule has 0 aromatic carbocycles. The topological polar surface area (TPSA) is 45.5 Å². The lowest BCUT2D eigenvalue weighted by atomic mass is 9.83. The van der Waals surface area contributed by atoms with E-state index in [2.05, 4.69) is 21.3 Å². The Bertz CT molecular complexity index is 723. The second-order valence-electron chi connectivity index (χ2n) is 8.37. The van der Waals surface area contributed by atoms with Gasteiger partial charge in [-0.2, -0.15) is 5.10 Å². The molecule has 5 heteroatoms. The molecule has 0 amide bonds. The molecule has 134 valence electrons. The Morgan fingerprint density at radius 1 is 1.04 bits per heavy atom. The number of hydrogen-bond acceptors (Lipinski definition) is 4. The Labute approximate surface area is 149 Å². The van der Waals surface area contributed by atoms with Crippen molar-refractivity contribution in [2.45, 2.75) is 50.9 Å². The van der Waals surface area contributed by atoms with E-state index in [0.29, 0.717) is 5.92 Å². The maximum Gasteiger partial charge on any atom is 0.152 e. The van der Waals surface area contributed by atoms with Gasteiger partial charge in [-0.15, -0.1) is 0 Å². The molecule has 2 aliphatic carbocycles. The van der Waals surface area contributed by atoms with Gasteiger partial charge in [0.05, 0.1) is 5.69 Å². The van der Waals surface area contributed by atoms with Crippen molar-refractivity contribution in [2.75, 3.05) is 31.5 Å². The molecule has 0 atom stereocenters. The molecule has 3 heterocycles. The minimum Gasteiger partial charge on any atom is -0.368 e. The maximum atomic E-state index is 4.76. The van der Waals surface area contributed by atoms with E-state index in [4.69, 9.17) is 5.10 Å². The summed E-state index contributed by atoms with van der Waals surface area (Å²) in [6.07, 6.45) is 13.3. The molecule has 0 unspecified atom stereocenters. The average Bonchev–Trinajstić information content (AvgIpc) is 3.29. The number of aromatic nitrogens is 3. The van der Waals surface area contributed by atoms with Crippen LogP contribution in [-0.2, 0) is 0 Å². The molecule has 2 aromatic rings. The van der Waals surface area contributed by atoms with Crippen molar-refractivity contribution >= 4 is 11.3 Å². The first-order valence-corrected chi connectivity index (χ1v) is 10.2. The normalized spacial score (nSPS) is 23.0. The number of rotatable bonds is 6. The van der Waals surface area contributed by atoms with E-state index in [-0.39, 0.29) is 0 Å². The van der Waals surface area contributed by atoms with E-state index < -0.39 is 0 Å². The number of nitrogens with zero attached hydrogens (tertiary/aromatic N) is 4. The second-order valence-corrected chi connectivity index (χ2v) is 8.37. The van der Waals surface area contributed by atoms with Gasteiger partial charge in [0.2, 0.25) is 0 Å². The number of fused-ring (bicyclic) bond motifs is 1. The fourth-order valence-corrected chi connectivity index (χ4v) is 4.26. The average molecular weight is 339 g/mol. The molecule has 0 bridgehead atoms. The van der Waals surface area contributed by atoms with Crippen LogP contribution in [0, 0.1) is 11.8 Å². The number of anilines is 1. The van der Waals surface area contributed by atoms with Crippen molar-refractivity contribution in [3.05, 3.63) is 24.2 Å². The Morgan fingerprint density at radius 2 is 1.88 bits per heavy atom. The van der Waals surface area contributed by atoms with Crippen molar-refractivity contribution in [3.8, 4) is 0 Å². The number of piperidine rings is 1. The monoisotopic (exact) mass is 339 g/mol. The molecule has 3 fully saturated rings. The lowest BCUT2D eigenvalue weighted by Crippen LogP contribution is -2.37. The minimum atomic E-state index is 0.670. The van der Waals surface area contributed by atoms with Gasteiger partial charge in [0.1, 0.15) is 5.52 Å². The van der Waals surface area contributed by atoms with Gasteiger partial charge < -0.3 is 10.2 Å². The quantitative estimate of drug-likeness (QED) is 0.874. The Kier molecular flexibility index (Phi) is 4.12. The predicted octanol–water partition coefficient (Wildman–Crippen LogP) is 3.53. The summed E-state index contributed by atoms with van der Waals surface area (Å²) in [7, 11) is 0. The standard InChI is InChI=1S/C20H29N5/c1-2-17(3-1)18-12-19-20(21-8-11-25(19)23-18)22-13-15-6-9-24(10-7-15)14-16-4-5-16/h8,11-12,15-17H,1-7,9-10,13-14H2,(H,21,22). The van der Waals surface area contributed by atoms with Gasteiger partial charge in [0.15, 0.2) is 5.82 Å². The molecule has 1 aliphatic heterocycles. The van der Waals surface area contributed by atoms with E-state index in [1.165, 1.54) is 70.3 Å². The SMILES string of the molecule is c1cn2nc(C3CCC3)cc2c(NCC2CCN(CC3CC3)CC2)n1. The predicted molar refractivity (Wildman–Crippen MR) is 100.0 cm³/mol. The Hall–Kier alpha value is -1.62. The van der Waals surface area contributed by atoms with Crippen molar-refractivity contribution in [1.82, 2.24) is 19.5 Å². The van der Waals surface area contributed by atoms with Crippen molar-refractivity contribution in [3.63, 3.8) is 0 Å². The Morgan fingerprint density at radius 3 is 2.60 bits per heavy atom. The molecule has 0 radical (unpaired) electrons. The van der Waals surface area contributed by atoms with Crippen LogP contribution in [0.2, 0.25) is 0 Å². The highest BCUT2D eigenvalue weighted by Crippen LogP contribution is 2.36. The van der Waals surface area contributed by atoms with E-state index in [9.17, 15) is 0 Å². The molecular weight excluding hydrogens is 310 g/mol. The van der Waals surface area contributed by atoms with Crippen molar-refractivity contribution in [2.24, 2.45) is 11.8 Å². The van der Waals surface area contributed by atoms with Gasteiger partial charge in [-0.05, 0) is 69.5 Å². The summed E-state index contributed by atoms with van der Waals surface area (Å²) in [5, 5.41) is 8.39. The molecule has 25 heavy (non-hydrogen) atoms. The summed E-state index contributed by atoms with van der Waals surface area (Å²) in [6.45, 7) is 4.94. The van der Waals surface area contributed by atoms with E-state index in [0.717, 1.165) is 29.7 Å². The minimum absolute atomic E-state index is 0.670. The van der Waals surface area contributed by atoms with Crippen LogP contribution in [0.3, 0.4) is 0 Å². The smallest absolute Gasteiger partial charge is 0.152 e. The summed E-state index contributed by atoms with van der Waals surface area (Å²) in [5.41, 5.74) is 2.38. The largest absolute Gasteiger partial charge is 0.368 e. The highest BCUT2D eigenvalue weighted by molar-refractivity contribution is 5.68. The molecule has 1 saturated heterocycles. The van der Waals surface area contributed by atoms with Crippen LogP contribution in [0.5, 0.6) is 0 Å². The van der Waals surface area contributed by atoms with Crippen LogP contribution >= 0.6 is 0 Å². The fraction of sp³-hybridized carbons (Fsp3) is 0.700. The highest BCUT2D eigenvalue weighted by Gasteiger charge is 2.27. The lowest BCUT2D eigenvalue weighted by molar-refractivity contribution is 0.183. The maximum absolute atomic E-state index is 4.76. The second kappa shape index (κ2) is 6.60. The van der Waals surface area contributed by atoms with Gasteiger partial charge >= 0.3 is 0 Å². The van der Waals surface area contributed by atoms with E-state index in [1.54, 1.807) is 0 Å². The fourth-order valence-electron chi connectivity index (χ4n) is 4.26. The van der Waals surface area contributed by atoms with Crippen LogP contribution in [-0.4, -0.2) is 45.7 Å². The Balaban J connectivity index is 1.20. The van der Waals surface area contributed by atoms with Gasteiger partial charge in [-0.1, -0.05) is 6.42 Å². The summed E-state index contributed by atoms with van der Waals surface area (Å²) < 4.78 is 2.00. The number of nitrogens with one attached hydrogen (secondary N) is 1. The molecule has 2 saturated carbocycles. The lowest BCUT2D eigenvalue weighted by Gasteiger charge is -2.32. The third kappa shape index (κ3) is 3.39. The first kappa shape index (κ1) is 15.6. The van der Waals surface area contributed by atoms with Crippen LogP contribution in [0.4, 0.5) is 5.82 Å². The van der Waals surface area contributed by atoms with Crippen LogP contribution in [0.1, 0.15) is 56.6 Å². The molecule has 3 aliphatic rings. The van der Waals surface area contributed by atoms with Crippen LogP contribution in [0.25, 0.3) is 5.52 Å². The van der Waals surface area contributed by atoms with Gasteiger partial charge in [0.25, 0.3) is 0 Å². The summed E-state index contributed by atoms with van der Waals surface area (Å²) in [5.74, 6) is 3.46. The van der Waals surface area contributed by atoms with Crippen molar-refractivity contribution in [1.29, 1.82) is 0 Å². The summed E-state index contributed by atoms with van der Waals surface area (Å²) >= 11 is 0. The third-order valence-electron chi connectivity index (χ3n) is 6.41. The zero-order valence-corrected chi connectivity index (χ0v) is 15.0.